The quantitative estimate of drug-likeness (QED) is 0.591. The summed E-state index contributed by atoms with van der Waals surface area (Å²) in [5.41, 5.74) is 0.601. The Morgan fingerprint density at radius 3 is 2.94 bits per heavy atom. The minimum absolute atomic E-state index is 0.0461. The fourth-order valence-electron chi connectivity index (χ4n) is 1.35. The average Bonchev–Trinajstić information content (AvgIpc) is 2.24. The highest BCUT2D eigenvalue weighted by atomic mass is 19.1. The highest BCUT2D eigenvalue weighted by Crippen LogP contribution is 2.16. The van der Waals surface area contributed by atoms with Gasteiger partial charge >= 0.3 is 0 Å². The van der Waals surface area contributed by atoms with Gasteiger partial charge in [0.15, 0.2) is 0 Å². The Morgan fingerprint density at radius 2 is 2.31 bits per heavy atom. The molecule has 0 radical (unpaired) electrons. The second kappa shape index (κ2) is 6.28. The van der Waals surface area contributed by atoms with Crippen LogP contribution in [-0.2, 0) is 0 Å². The molecule has 0 amide bonds. The Labute approximate surface area is 96.1 Å². The molecule has 1 aromatic carbocycles. The van der Waals surface area contributed by atoms with Crippen molar-refractivity contribution in [2.24, 2.45) is 0 Å². The summed E-state index contributed by atoms with van der Waals surface area (Å²) < 4.78 is 18.6. The summed E-state index contributed by atoms with van der Waals surface area (Å²) in [4.78, 5) is 0. The molecule has 1 unspecified atom stereocenters. The molecule has 0 spiro atoms. The molecule has 16 heavy (non-hydrogen) atoms. The lowest BCUT2D eigenvalue weighted by molar-refractivity contribution is 0.218. The molecule has 2 nitrogen and oxygen atoms in total. The van der Waals surface area contributed by atoms with E-state index in [4.69, 9.17) is 4.74 Å². The first-order valence-electron chi connectivity index (χ1n) is 5.38. The van der Waals surface area contributed by atoms with Crippen molar-refractivity contribution in [2.45, 2.75) is 20.0 Å². The van der Waals surface area contributed by atoms with Gasteiger partial charge in [0.05, 0.1) is 0 Å². The van der Waals surface area contributed by atoms with E-state index in [1.807, 2.05) is 6.92 Å². The van der Waals surface area contributed by atoms with Crippen LogP contribution < -0.4 is 10.1 Å². The molecule has 0 saturated heterocycles. The maximum Gasteiger partial charge on any atom is 0.126 e. The van der Waals surface area contributed by atoms with Gasteiger partial charge < -0.3 is 10.1 Å². The van der Waals surface area contributed by atoms with Gasteiger partial charge in [-0.25, -0.2) is 4.39 Å². The number of hydrogen-bond donors (Lipinski definition) is 1. The third kappa shape index (κ3) is 4.03. The van der Waals surface area contributed by atoms with Gasteiger partial charge in [0.25, 0.3) is 0 Å². The zero-order chi connectivity index (χ0) is 12.0. The van der Waals surface area contributed by atoms with Crippen LogP contribution in [0.15, 0.2) is 30.9 Å². The second-order valence-electron chi connectivity index (χ2n) is 3.79. The Balaban J connectivity index is 2.46. The molecule has 1 atom stereocenters. The first-order chi connectivity index (χ1) is 7.63. The number of rotatable bonds is 6. The van der Waals surface area contributed by atoms with Crippen LogP contribution >= 0.6 is 0 Å². The van der Waals surface area contributed by atoms with Crippen molar-refractivity contribution in [2.75, 3.05) is 13.1 Å². The molecule has 0 fully saturated rings. The van der Waals surface area contributed by atoms with Crippen molar-refractivity contribution >= 4 is 0 Å². The third-order valence-corrected chi connectivity index (χ3v) is 2.19. The summed E-state index contributed by atoms with van der Waals surface area (Å²) in [7, 11) is 0. The maximum absolute atomic E-state index is 13.0. The molecule has 0 aliphatic rings. The number of aryl methyl sites for hydroxylation is 1. The zero-order valence-electron chi connectivity index (χ0n) is 9.79. The molecule has 1 rings (SSSR count). The smallest absolute Gasteiger partial charge is 0.126 e. The van der Waals surface area contributed by atoms with E-state index >= 15 is 0 Å². The minimum Gasteiger partial charge on any atom is -0.489 e. The van der Waals surface area contributed by atoms with Gasteiger partial charge in [-0.2, -0.15) is 0 Å². The van der Waals surface area contributed by atoms with E-state index in [2.05, 4.69) is 11.9 Å². The molecule has 1 N–H and O–H groups in total. The molecule has 0 aliphatic carbocycles. The van der Waals surface area contributed by atoms with E-state index in [9.17, 15) is 4.39 Å². The van der Waals surface area contributed by atoms with Crippen LogP contribution in [0.2, 0.25) is 0 Å². The van der Waals surface area contributed by atoms with E-state index in [1.165, 1.54) is 6.07 Å². The monoisotopic (exact) mass is 223 g/mol. The first kappa shape index (κ1) is 12.7. The van der Waals surface area contributed by atoms with E-state index < -0.39 is 0 Å². The number of nitrogens with one attached hydrogen (secondary N) is 1. The Morgan fingerprint density at radius 1 is 1.56 bits per heavy atom. The van der Waals surface area contributed by atoms with Gasteiger partial charge in [0.1, 0.15) is 17.7 Å². The lowest BCUT2D eigenvalue weighted by atomic mass is 10.2. The van der Waals surface area contributed by atoms with E-state index in [1.54, 1.807) is 25.1 Å². The Hall–Kier alpha value is -1.35. The summed E-state index contributed by atoms with van der Waals surface area (Å²) in [5, 5.41) is 3.16. The van der Waals surface area contributed by atoms with Crippen molar-refractivity contribution in [1.82, 2.24) is 5.32 Å². The summed E-state index contributed by atoms with van der Waals surface area (Å²) in [6.07, 6.45) is 1.85. The van der Waals surface area contributed by atoms with Crippen molar-refractivity contribution in [3.63, 3.8) is 0 Å². The molecular formula is C13H18FNO. The van der Waals surface area contributed by atoms with E-state index in [-0.39, 0.29) is 11.9 Å². The molecule has 1 aromatic rings. The third-order valence-electron chi connectivity index (χ3n) is 2.19. The molecule has 0 heterocycles. The lowest BCUT2D eigenvalue weighted by Crippen LogP contribution is -2.28. The Bertz CT molecular complexity index is 352. The van der Waals surface area contributed by atoms with Crippen LogP contribution in [0.1, 0.15) is 12.5 Å². The van der Waals surface area contributed by atoms with Crippen LogP contribution in [0.4, 0.5) is 4.39 Å². The highest BCUT2D eigenvalue weighted by Gasteiger charge is 2.04. The summed E-state index contributed by atoms with van der Waals surface area (Å²) in [6.45, 7) is 8.81. The summed E-state index contributed by atoms with van der Waals surface area (Å²) in [5.74, 6) is 0.497. The summed E-state index contributed by atoms with van der Waals surface area (Å²) in [6, 6.07) is 4.78. The standard InChI is InChI=1S/C13H18FNO/c1-4-7-15-9-11(3)16-12-5-6-13(14)10(2)8-12/h4-6,8,11,15H,1,7,9H2,2-3H3. The van der Waals surface area contributed by atoms with Gasteiger partial charge in [-0.3, -0.25) is 0 Å². The predicted octanol–water partition coefficient (Wildman–Crippen LogP) is 2.68. The van der Waals surface area contributed by atoms with Crippen LogP contribution in [0.5, 0.6) is 5.75 Å². The summed E-state index contributed by atoms with van der Waals surface area (Å²) >= 11 is 0. The normalized spacial score (nSPS) is 12.2. The topological polar surface area (TPSA) is 21.3 Å². The number of benzene rings is 1. The average molecular weight is 223 g/mol. The fraction of sp³-hybridized carbons (Fsp3) is 0.385. The van der Waals surface area contributed by atoms with Crippen LogP contribution in [0, 0.1) is 12.7 Å². The predicted molar refractivity (Wildman–Crippen MR) is 64.3 cm³/mol. The lowest BCUT2D eigenvalue weighted by Gasteiger charge is -2.15. The Kier molecular flexibility index (Phi) is 4.99. The number of halogens is 1. The van der Waals surface area contributed by atoms with Crippen molar-refractivity contribution < 1.29 is 9.13 Å². The van der Waals surface area contributed by atoms with Crippen molar-refractivity contribution in [3.8, 4) is 5.75 Å². The molecule has 0 saturated carbocycles. The minimum atomic E-state index is -0.204. The van der Waals surface area contributed by atoms with Gasteiger partial charge in [-0.1, -0.05) is 6.08 Å². The zero-order valence-corrected chi connectivity index (χ0v) is 9.79. The number of hydrogen-bond acceptors (Lipinski definition) is 2. The van der Waals surface area contributed by atoms with Crippen molar-refractivity contribution in [1.29, 1.82) is 0 Å². The SMILES string of the molecule is C=CCNCC(C)Oc1ccc(F)c(C)c1. The van der Waals surface area contributed by atoms with Gasteiger partial charge in [-0.15, -0.1) is 6.58 Å². The van der Waals surface area contributed by atoms with Crippen LogP contribution in [0.3, 0.4) is 0 Å². The van der Waals surface area contributed by atoms with E-state index in [0.717, 1.165) is 13.1 Å². The molecule has 0 aliphatic heterocycles. The molecular weight excluding hydrogens is 205 g/mol. The highest BCUT2D eigenvalue weighted by molar-refractivity contribution is 5.28. The molecule has 3 heteroatoms. The fourth-order valence-corrected chi connectivity index (χ4v) is 1.35. The molecule has 88 valence electrons. The molecule has 0 bridgehead atoms. The van der Waals surface area contributed by atoms with Crippen LogP contribution in [-0.4, -0.2) is 19.2 Å². The first-order valence-corrected chi connectivity index (χ1v) is 5.38. The van der Waals surface area contributed by atoms with Gasteiger partial charge in [0, 0.05) is 13.1 Å². The largest absolute Gasteiger partial charge is 0.489 e. The number of ether oxygens (including phenoxy) is 1. The maximum atomic E-state index is 13.0. The second-order valence-corrected chi connectivity index (χ2v) is 3.79. The van der Waals surface area contributed by atoms with Crippen molar-refractivity contribution in [3.05, 3.63) is 42.2 Å². The van der Waals surface area contributed by atoms with E-state index in [0.29, 0.717) is 11.3 Å². The van der Waals surface area contributed by atoms with Gasteiger partial charge in [0.2, 0.25) is 0 Å². The van der Waals surface area contributed by atoms with Gasteiger partial charge in [-0.05, 0) is 37.6 Å². The molecule has 0 aromatic heterocycles. The van der Waals surface area contributed by atoms with Crippen LogP contribution in [0.25, 0.3) is 0 Å².